The van der Waals surface area contributed by atoms with E-state index in [1.807, 2.05) is 88.5 Å². The smallest absolute Gasteiger partial charge is 0.217 e. The maximum Gasteiger partial charge on any atom is 0.217 e. The van der Waals surface area contributed by atoms with Crippen LogP contribution in [0.25, 0.3) is 10.8 Å². The zero-order valence-electron chi connectivity index (χ0n) is 17.0. The Morgan fingerprint density at radius 1 is 1.03 bits per heavy atom. The van der Waals surface area contributed by atoms with E-state index in [1.165, 1.54) is 6.08 Å². The summed E-state index contributed by atoms with van der Waals surface area (Å²) in [6.45, 7) is 7.32. The normalized spacial score (nSPS) is 10.9. The number of rotatable bonds is 5. The molecule has 0 bridgehead atoms. The predicted octanol–water partition coefficient (Wildman–Crippen LogP) is 6.13. The van der Waals surface area contributed by atoms with Gasteiger partial charge < -0.3 is 9.84 Å². The van der Waals surface area contributed by atoms with E-state index in [0.29, 0.717) is 11.6 Å². The van der Waals surface area contributed by atoms with Crippen molar-refractivity contribution in [2.75, 3.05) is 0 Å². The second-order valence-corrected chi connectivity index (χ2v) is 6.98. The van der Waals surface area contributed by atoms with E-state index in [9.17, 15) is 9.90 Å². The molecule has 0 fully saturated rings. The van der Waals surface area contributed by atoms with Crippen molar-refractivity contribution >= 4 is 16.6 Å². The minimum atomic E-state index is -0.0316. The standard InChI is InChI=1S/C15H10NO.C9H16O2.Ir/c1-2-8-14(9-3-1)17-15-10-12-6-4-5-7-13(12)11-16-15;1-6(2)8(10)5-9(11)7(3)4;/h1-8,10-11H;5-7,10H,1-4H3;/q-1;;/b;8-5-;. The molecule has 3 rings (SSSR count). The van der Waals surface area contributed by atoms with Crippen LogP contribution < -0.4 is 4.74 Å². The summed E-state index contributed by atoms with van der Waals surface area (Å²) < 4.78 is 5.62. The number of pyridine rings is 1. The van der Waals surface area contributed by atoms with Crippen molar-refractivity contribution in [1.82, 2.24) is 4.98 Å². The van der Waals surface area contributed by atoms with Gasteiger partial charge in [-0.2, -0.15) is 18.2 Å². The number of benzene rings is 2. The average Bonchev–Trinajstić information content (AvgIpc) is 2.69. The monoisotopic (exact) mass is 569 g/mol. The molecule has 1 heterocycles. The molecule has 29 heavy (non-hydrogen) atoms. The summed E-state index contributed by atoms with van der Waals surface area (Å²) >= 11 is 0. The molecule has 0 aliphatic carbocycles. The van der Waals surface area contributed by atoms with Crippen molar-refractivity contribution in [3.63, 3.8) is 0 Å². The Balaban J connectivity index is 0.000000310. The maximum absolute atomic E-state index is 11.0. The van der Waals surface area contributed by atoms with Gasteiger partial charge in [0.25, 0.3) is 0 Å². The summed E-state index contributed by atoms with van der Waals surface area (Å²) in [6.07, 6.45) is 3.13. The Hall–Kier alpha value is -2.49. The Morgan fingerprint density at radius 3 is 2.28 bits per heavy atom. The van der Waals surface area contributed by atoms with Crippen molar-refractivity contribution in [2.45, 2.75) is 27.7 Å². The quantitative estimate of drug-likeness (QED) is 0.228. The molecule has 1 N–H and O–H groups in total. The summed E-state index contributed by atoms with van der Waals surface area (Å²) in [4.78, 5) is 15.3. The van der Waals surface area contributed by atoms with Gasteiger partial charge in [-0.05, 0) is 5.39 Å². The van der Waals surface area contributed by atoms with Crippen LogP contribution in [0, 0.1) is 17.9 Å². The fourth-order valence-electron chi connectivity index (χ4n) is 2.15. The van der Waals surface area contributed by atoms with Crippen molar-refractivity contribution in [3.05, 3.63) is 78.7 Å². The van der Waals surface area contributed by atoms with E-state index in [0.717, 1.165) is 10.8 Å². The zero-order chi connectivity index (χ0) is 20.5. The first-order valence-corrected chi connectivity index (χ1v) is 9.30. The van der Waals surface area contributed by atoms with Gasteiger partial charge in [0.15, 0.2) is 5.78 Å². The van der Waals surface area contributed by atoms with Gasteiger partial charge in [-0.3, -0.25) is 4.79 Å². The number of carbonyl (C=O) groups is 1. The number of hydrogen-bond donors (Lipinski definition) is 1. The van der Waals surface area contributed by atoms with Gasteiger partial charge in [-0.25, -0.2) is 4.98 Å². The number of carbonyl (C=O) groups excluding carboxylic acids is 1. The van der Waals surface area contributed by atoms with Crippen molar-refractivity contribution in [3.8, 4) is 11.6 Å². The largest absolute Gasteiger partial charge is 0.512 e. The Morgan fingerprint density at radius 2 is 1.69 bits per heavy atom. The van der Waals surface area contributed by atoms with Crippen molar-refractivity contribution in [1.29, 1.82) is 0 Å². The molecule has 0 amide bonds. The summed E-state index contributed by atoms with van der Waals surface area (Å²) in [6, 6.07) is 20.5. The molecule has 3 aromatic rings. The van der Waals surface area contributed by atoms with Crippen LogP contribution >= 0.6 is 0 Å². The molecule has 155 valence electrons. The number of ether oxygens (including phenoxy) is 1. The molecular weight excluding hydrogens is 542 g/mol. The van der Waals surface area contributed by atoms with Crippen LogP contribution in [0.5, 0.6) is 11.6 Å². The number of ketones is 1. The summed E-state index contributed by atoms with van der Waals surface area (Å²) in [7, 11) is 0. The number of aliphatic hydroxyl groups excluding tert-OH is 1. The molecule has 0 atom stereocenters. The number of aromatic nitrogens is 1. The average molecular weight is 569 g/mol. The van der Waals surface area contributed by atoms with Crippen LogP contribution in [0.3, 0.4) is 0 Å². The van der Waals surface area contributed by atoms with Crippen molar-refractivity contribution < 1.29 is 34.7 Å². The van der Waals surface area contributed by atoms with E-state index in [-0.39, 0.29) is 43.5 Å². The number of fused-ring (bicyclic) bond motifs is 1. The number of aliphatic hydroxyl groups is 1. The van der Waals surface area contributed by atoms with Gasteiger partial charge >= 0.3 is 0 Å². The second kappa shape index (κ2) is 12.2. The molecule has 1 radical (unpaired) electrons. The summed E-state index contributed by atoms with van der Waals surface area (Å²) in [5.74, 6) is 1.43. The molecular formula is C24H26IrNO3-. The third-order valence-electron chi connectivity index (χ3n) is 3.95. The summed E-state index contributed by atoms with van der Waals surface area (Å²) in [5, 5.41) is 11.4. The zero-order valence-corrected chi connectivity index (χ0v) is 19.4. The molecule has 0 unspecified atom stereocenters. The minimum Gasteiger partial charge on any atom is -0.512 e. The minimum absolute atomic E-state index is 0. The SMILES string of the molecule is CC(C)C(=O)/C=C(\O)C(C)C.[Ir].[c-]1ccccc1Oc1cc2ccccc2cn1. The van der Waals surface area contributed by atoms with E-state index in [1.54, 1.807) is 0 Å². The molecule has 5 heteroatoms. The fourth-order valence-corrected chi connectivity index (χ4v) is 2.15. The van der Waals surface area contributed by atoms with Gasteiger partial charge in [0.2, 0.25) is 5.88 Å². The van der Waals surface area contributed by atoms with Crippen LogP contribution in [0.2, 0.25) is 0 Å². The molecule has 0 spiro atoms. The van der Waals surface area contributed by atoms with Crippen molar-refractivity contribution in [2.24, 2.45) is 11.8 Å². The topological polar surface area (TPSA) is 59.4 Å². The molecule has 0 aliphatic heterocycles. The fraction of sp³-hybridized carbons (Fsp3) is 0.250. The molecule has 2 aromatic carbocycles. The van der Waals surface area contributed by atoms with Gasteiger partial charge in [0, 0.05) is 61.4 Å². The predicted molar refractivity (Wildman–Crippen MR) is 112 cm³/mol. The van der Waals surface area contributed by atoms with E-state index < -0.39 is 0 Å². The van der Waals surface area contributed by atoms with Crippen LogP contribution in [0.15, 0.2) is 72.6 Å². The molecule has 4 nitrogen and oxygen atoms in total. The van der Waals surface area contributed by atoms with E-state index in [4.69, 9.17) is 4.74 Å². The Bertz CT molecular complexity index is 937. The van der Waals surface area contributed by atoms with Gasteiger partial charge in [-0.15, -0.1) is 12.1 Å². The van der Waals surface area contributed by atoms with Crippen LogP contribution in [0.1, 0.15) is 27.7 Å². The second-order valence-electron chi connectivity index (χ2n) is 6.98. The number of hydrogen-bond acceptors (Lipinski definition) is 4. The van der Waals surface area contributed by atoms with Crippen LogP contribution in [0.4, 0.5) is 0 Å². The Labute approximate surface area is 186 Å². The Kier molecular flexibility index (Phi) is 10.3. The van der Waals surface area contributed by atoms with Gasteiger partial charge in [-0.1, -0.05) is 52.0 Å². The number of para-hydroxylation sites is 1. The number of nitrogens with zero attached hydrogens (tertiary/aromatic N) is 1. The van der Waals surface area contributed by atoms with Crippen LogP contribution in [-0.4, -0.2) is 15.9 Å². The van der Waals surface area contributed by atoms with Crippen LogP contribution in [-0.2, 0) is 24.9 Å². The van der Waals surface area contributed by atoms with Gasteiger partial charge in [0.05, 0.1) is 5.76 Å². The summed E-state index contributed by atoms with van der Waals surface area (Å²) in [5.41, 5.74) is 0. The first-order chi connectivity index (χ1) is 13.4. The third-order valence-corrected chi connectivity index (χ3v) is 3.95. The molecule has 0 saturated carbocycles. The maximum atomic E-state index is 11.0. The first-order valence-electron chi connectivity index (χ1n) is 9.30. The third kappa shape index (κ3) is 8.18. The van der Waals surface area contributed by atoms with E-state index in [2.05, 4.69) is 11.1 Å². The van der Waals surface area contributed by atoms with Gasteiger partial charge in [0.1, 0.15) is 0 Å². The first kappa shape index (κ1) is 24.5. The molecule has 0 aliphatic rings. The molecule has 1 aromatic heterocycles. The number of allylic oxidation sites excluding steroid dienone is 2. The molecule has 0 saturated heterocycles. The van der Waals surface area contributed by atoms with E-state index >= 15 is 0 Å².